The van der Waals surface area contributed by atoms with Gasteiger partial charge in [-0.2, -0.15) is 0 Å². The minimum absolute atomic E-state index is 0.191. The van der Waals surface area contributed by atoms with E-state index in [1.165, 1.54) is 6.92 Å². The van der Waals surface area contributed by atoms with E-state index in [4.69, 9.17) is 9.47 Å². The Morgan fingerprint density at radius 3 is 2.47 bits per heavy atom. The maximum absolute atomic E-state index is 13.7. The van der Waals surface area contributed by atoms with Crippen LogP contribution in [0.3, 0.4) is 0 Å². The summed E-state index contributed by atoms with van der Waals surface area (Å²) in [5, 5.41) is 11.3. The number of rotatable bonds is 6. The Hall–Kier alpha value is -3.59. The van der Waals surface area contributed by atoms with E-state index in [1.54, 1.807) is 12.1 Å². The highest BCUT2D eigenvalue weighted by atomic mass is 19.1. The molecule has 0 radical (unpaired) electrons. The van der Waals surface area contributed by atoms with E-state index in [1.807, 2.05) is 24.3 Å². The fourth-order valence-electron chi connectivity index (χ4n) is 3.22. The molecule has 1 unspecified atom stereocenters. The zero-order valence-electron chi connectivity index (χ0n) is 17.4. The lowest BCUT2D eigenvalue weighted by atomic mass is 10.1. The van der Waals surface area contributed by atoms with Crippen LogP contribution in [0.4, 0.5) is 20.3 Å². The average Bonchev–Trinajstić information content (AvgIpc) is 2.82. The summed E-state index contributed by atoms with van der Waals surface area (Å²) >= 11 is 0. The van der Waals surface area contributed by atoms with Crippen LogP contribution in [0.25, 0.3) is 11.3 Å². The molecule has 9 heteroatoms. The van der Waals surface area contributed by atoms with Gasteiger partial charge in [-0.05, 0) is 43.3 Å². The van der Waals surface area contributed by atoms with Gasteiger partial charge in [-0.1, -0.05) is 12.1 Å². The summed E-state index contributed by atoms with van der Waals surface area (Å²) in [6.45, 7) is 4.42. The summed E-state index contributed by atoms with van der Waals surface area (Å²) in [6.07, 6.45) is -0.978. The highest BCUT2D eigenvalue weighted by molar-refractivity contribution is 5.94. The predicted octanol–water partition coefficient (Wildman–Crippen LogP) is 3.66. The van der Waals surface area contributed by atoms with E-state index < -0.39 is 23.6 Å². The van der Waals surface area contributed by atoms with Crippen LogP contribution in [0.5, 0.6) is 5.75 Å². The van der Waals surface area contributed by atoms with E-state index in [-0.39, 0.29) is 5.75 Å². The first-order chi connectivity index (χ1) is 15.5. The molecular weight excluding hydrogens is 418 g/mol. The van der Waals surface area contributed by atoms with Crippen molar-refractivity contribution in [2.75, 3.05) is 36.5 Å². The van der Waals surface area contributed by atoms with Crippen LogP contribution in [0.2, 0.25) is 0 Å². The third-order valence-electron chi connectivity index (χ3n) is 5.00. The number of nitrogens with zero attached hydrogens (tertiary/aromatic N) is 3. The van der Waals surface area contributed by atoms with Gasteiger partial charge in [0.1, 0.15) is 5.82 Å². The molecule has 2 aromatic carbocycles. The van der Waals surface area contributed by atoms with Gasteiger partial charge in [0.05, 0.1) is 18.9 Å². The molecule has 1 aliphatic heterocycles. The molecule has 2 heterocycles. The smallest absolute Gasteiger partial charge is 0.265 e. The monoisotopic (exact) mass is 440 g/mol. The largest absolute Gasteiger partial charge is 0.478 e. The number of hydrogen-bond donors (Lipinski definition) is 1. The Balaban J connectivity index is 1.36. The first-order valence-electron chi connectivity index (χ1n) is 10.2. The predicted molar refractivity (Wildman–Crippen MR) is 116 cm³/mol. The zero-order valence-corrected chi connectivity index (χ0v) is 17.4. The molecule has 3 aromatic rings. The molecule has 1 fully saturated rings. The van der Waals surface area contributed by atoms with Crippen LogP contribution in [0.1, 0.15) is 6.92 Å². The second-order valence-corrected chi connectivity index (χ2v) is 7.28. The quantitative estimate of drug-likeness (QED) is 0.631. The minimum atomic E-state index is -0.978. The molecule has 1 amide bonds. The van der Waals surface area contributed by atoms with Gasteiger partial charge in [0, 0.05) is 30.4 Å². The number of anilines is 2. The van der Waals surface area contributed by atoms with Gasteiger partial charge < -0.3 is 19.7 Å². The first kappa shape index (κ1) is 21.6. The summed E-state index contributed by atoms with van der Waals surface area (Å²) < 4.78 is 37.4. The molecular formula is C23H22F2N4O3. The van der Waals surface area contributed by atoms with Crippen molar-refractivity contribution in [2.45, 2.75) is 13.0 Å². The van der Waals surface area contributed by atoms with Gasteiger partial charge in [0.25, 0.3) is 5.91 Å². The van der Waals surface area contributed by atoms with Gasteiger partial charge in [0.15, 0.2) is 23.5 Å². The molecule has 7 nitrogen and oxygen atoms in total. The number of halogens is 2. The van der Waals surface area contributed by atoms with E-state index in [0.717, 1.165) is 36.6 Å². The van der Waals surface area contributed by atoms with Crippen molar-refractivity contribution in [3.05, 3.63) is 66.2 Å². The Kier molecular flexibility index (Phi) is 6.55. The minimum Gasteiger partial charge on any atom is -0.478 e. The number of nitrogens with one attached hydrogen (secondary N) is 1. The lowest BCUT2D eigenvalue weighted by Crippen LogP contribution is -2.36. The second-order valence-electron chi connectivity index (χ2n) is 7.28. The van der Waals surface area contributed by atoms with Crippen LogP contribution >= 0.6 is 0 Å². The highest BCUT2D eigenvalue weighted by Crippen LogP contribution is 2.22. The van der Waals surface area contributed by atoms with E-state index in [0.29, 0.717) is 30.7 Å². The Morgan fingerprint density at radius 1 is 1.06 bits per heavy atom. The van der Waals surface area contributed by atoms with Crippen molar-refractivity contribution in [2.24, 2.45) is 0 Å². The van der Waals surface area contributed by atoms with Crippen molar-refractivity contribution in [1.29, 1.82) is 0 Å². The number of hydrogen-bond acceptors (Lipinski definition) is 6. The molecule has 0 saturated carbocycles. The third kappa shape index (κ3) is 5.17. The van der Waals surface area contributed by atoms with Crippen LogP contribution in [-0.2, 0) is 9.53 Å². The number of carbonyl (C=O) groups excluding carboxylic acids is 1. The second kappa shape index (κ2) is 9.69. The lowest BCUT2D eigenvalue weighted by molar-refractivity contribution is -0.122. The molecule has 0 bridgehead atoms. The summed E-state index contributed by atoms with van der Waals surface area (Å²) in [5.74, 6) is -1.42. The van der Waals surface area contributed by atoms with Gasteiger partial charge >= 0.3 is 0 Å². The van der Waals surface area contributed by atoms with Gasteiger partial charge in [-0.3, -0.25) is 4.79 Å². The van der Waals surface area contributed by atoms with Crippen molar-refractivity contribution in [1.82, 2.24) is 10.2 Å². The molecule has 1 saturated heterocycles. The molecule has 0 spiro atoms. The molecule has 1 N–H and O–H groups in total. The lowest BCUT2D eigenvalue weighted by Gasteiger charge is -2.27. The van der Waals surface area contributed by atoms with E-state index in [9.17, 15) is 13.6 Å². The molecule has 1 aromatic heterocycles. The number of ether oxygens (including phenoxy) is 2. The highest BCUT2D eigenvalue weighted by Gasteiger charge is 2.17. The Morgan fingerprint density at radius 2 is 1.81 bits per heavy atom. The number of aromatic nitrogens is 2. The zero-order chi connectivity index (χ0) is 22.5. The van der Waals surface area contributed by atoms with Crippen molar-refractivity contribution in [3.63, 3.8) is 0 Å². The van der Waals surface area contributed by atoms with Crippen LogP contribution in [0.15, 0.2) is 54.6 Å². The fraction of sp³-hybridized carbons (Fsp3) is 0.261. The molecule has 0 aliphatic carbocycles. The Labute approximate surface area is 184 Å². The third-order valence-corrected chi connectivity index (χ3v) is 5.00. The number of carbonyl (C=O) groups is 1. The standard InChI is InChI=1S/C23H22F2N4O3/c1-15(32-21-8-4-17(24)14-19(21)25)23(30)26-18-5-2-16(3-6-18)20-7-9-22(28-27-20)29-10-12-31-13-11-29/h2-9,14-15H,10-13H2,1H3,(H,26,30). The van der Waals surface area contributed by atoms with Gasteiger partial charge in [-0.25, -0.2) is 8.78 Å². The van der Waals surface area contributed by atoms with Crippen molar-refractivity contribution < 1.29 is 23.0 Å². The van der Waals surface area contributed by atoms with Crippen LogP contribution in [-0.4, -0.2) is 48.5 Å². The SMILES string of the molecule is CC(Oc1ccc(F)cc1F)C(=O)Nc1ccc(-c2ccc(N3CCOCC3)nn2)cc1. The maximum atomic E-state index is 13.7. The fourth-order valence-corrected chi connectivity index (χ4v) is 3.22. The molecule has 166 valence electrons. The normalized spacial score (nSPS) is 14.7. The van der Waals surface area contributed by atoms with Crippen LogP contribution in [0, 0.1) is 11.6 Å². The summed E-state index contributed by atoms with van der Waals surface area (Å²) in [4.78, 5) is 14.5. The number of benzene rings is 2. The summed E-state index contributed by atoms with van der Waals surface area (Å²) in [7, 11) is 0. The maximum Gasteiger partial charge on any atom is 0.265 e. The average molecular weight is 440 g/mol. The Bertz CT molecular complexity index is 1070. The molecule has 4 rings (SSSR count). The van der Waals surface area contributed by atoms with Crippen LogP contribution < -0.4 is 15.0 Å². The van der Waals surface area contributed by atoms with Crippen molar-refractivity contribution >= 4 is 17.4 Å². The topological polar surface area (TPSA) is 76.6 Å². The molecule has 1 atom stereocenters. The van der Waals surface area contributed by atoms with E-state index >= 15 is 0 Å². The van der Waals surface area contributed by atoms with E-state index in [2.05, 4.69) is 20.4 Å². The summed E-state index contributed by atoms with van der Waals surface area (Å²) in [5.41, 5.74) is 2.11. The summed E-state index contributed by atoms with van der Waals surface area (Å²) in [6, 6.07) is 13.8. The first-order valence-corrected chi connectivity index (χ1v) is 10.2. The number of morpholine rings is 1. The van der Waals surface area contributed by atoms with Gasteiger partial charge in [-0.15, -0.1) is 10.2 Å². The van der Waals surface area contributed by atoms with Crippen molar-refractivity contribution in [3.8, 4) is 17.0 Å². The molecule has 32 heavy (non-hydrogen) atoms. The number of amides is 1. The van der Waals surface area contributed by atoms with Gasteiger partial charge in [0.2, 0.25) is 0 Å². The molecule has 1 aliphatic rings.